The van der Waals surface area contributed by atoms with Gasteiger partial charge in [0.2, 0.25) is 0 Å². The number of amides is 2. The maximum absolute atomic E-state index is 12.8. The van der Waals surface area contributed by atoms with E-state index in [4.69, 9.17) is 0 Å². The molecule has 120 valence electrons. The first-order valence-corrected chi connectivity index (χ1v) is 8.22. The van der Waals surface area contributed by atoms with E-state index in [0.717, 1.165) is 32.4 Å². The molecule has 2 saturated heterocycles. The quantitative estimate of drug-likeness (QED) is 0.867. The van der Waals surface area contributed by atoms with E-state index in [1.165, 1.54) is 0 Å². The number of carboxylic acids is 1. The molecule has 21 heavy (non-hydrogen) atoms. The fraction of sp³-hybridized carbons (Fsp3) is 0.875. The largest absolute Gasteiger partial charge is 0.479 e. The zero-order valence-corrected chi connectivity index (χ0v) is 13.5. The Morgan fingerprint density at radius 1 is 1.33 bits per heavy atom. The van der Waals surface area contributed by atoms with Crippen molar-refractivity contribution in [1.82, 2.24) is 9.80 Å². The van der Waals surface area contributed by atoms with Gasteiger partial charge in [0.1, 0.15) is 5.54 Å². The van der Waals surface area contributed by atoms with Crippen molar-refractivity contribution in [3.8, 4) is 0 Å². The average Bonchev–Trinajstić information content (AvgIpc) is 3.05. The van der Waals surface area contributed by atoms with E-state index in [9.17, 15) is 14.7 Å². The normalized spacial score (nSPS) is 29.4. The lowest BCUT2D eigenvalue weighted by Gasteiger charge is -2.37. The smallest absolute Gasteiger partial charge is 0.329 e. The molecule has 0 aromatic heterocycles. The minimum absolute atomic E-state index is 0.0634. The van der Waals surface area contributed by atoms with E-state index in [-0.39, 0.29) is 6.03 Å². The molecule has 0 radical (unpaired) electrons. The number of rotatable bonds is 4. The molecule has 2 fully saturated rings. The van der Waals surface area contributed by atoms with Crippen LogP contribution in [0.25, 0.3) is 0 Å². The third-order valence-corrected chi connectivity index (χ3v) is 5.22. The standard InChI is InChI=1S/C16H28N2O3/c1-4-7-16(14(19)20)8-5-9-18(16)15(21)17-10-6-13(11-17)12(2)3/h12-13H,4-11H2,1-3H3,(H,19,20). The minimum Gasteiger partial charge on any atom is -0.479 e. The summed E-state index contributed by atoms with van der Waals surface area (Å²) in [4.78, 5) is 28.1. The Kier molecular flexibility index (Phi) is 4.79. The van der Waals surface area contributed by atoms with E-state index in [1.807, 2.05) is 11.8 Å². The summed E-state index contributed by atoms with van der Waals surface area (Å²) in [5, 5.41) is 9.68. The van der Waals surface area contributed by atoms with Gasteiger partial charge in [-0.25, -0.2) is 9.59 Å². The van der Waals surface area contributed by atoms with Crippen LogP contribution in [-0.2, 0) is 4.79 Å². The van der Waals surface area contributed by atoms with Crippen LogP contribution in [-0.4, -0.2) is 52.1 Å². The lowest BCUT2D eigenvalue weighted by atomic mass is 9.91. The van der Waals surface area contributed by atoms with Gasteiger partial charge in [0.25, 0.3) is 0 Å². The van der Waals surface area contributed by atoms with Gasteiger partial charge in [0.15, 0.2) is 0 Å². The van der Waals surface area contributed by atoms with Crippen LogP contribution < -0.4 is 0 Å². The van der Waals surface area contributed by atoms with Gasteiger partial charge < -0.3 is 14.9 Å². The SMILES string of the molecule is CCCC1(C(=O)O)CCCN1C(=O)N1CCC(C(C)C)C1. The molecule has 0 spiro atoms. The summed E-state index contributed by atoms with van der Waals surface area (Å²) in [5.41, 5.74) is -0.970. The van der Waals surface area contributed by atoms with Crippen LogP contribution in [0.2, 0.25) is 0 Å². The third kappa shape index (κ3) is 2.87. The molecule has 0 aliphatic carbocycles. The lowest BCUT2D eigenvalue weighted by Crippen LogP contribution is -2.56. The minimum atomic E-state index is -0.970. The van der Waals surface area contributed by atoms with Crippen LogP contribution in [0.15, 0.2) is 0 Å². The summed E-state index contributed by atoms with van der Waals surface area (Å²) in [6.07, 6.45) is 3.74. The Bertz CT molecular complexity index is 410. The molecular formula is C16H28N2O3. The fourth-order valence-corrected chi connectivity index (χ4v) is 3.84. The predicted molar refractivity (Wildman–Crippen MR) is 81.1 cm³/mol. The van der Waals surface area contributed by atoms with E-state index in [1.54, 1.807) is 4.90 Å². The van der Waals surface area contributed by atoms with Crippen LogP contribution in [0.4, 0.5) is 4.79 Å². The van der Waals surface area contributed by atoms with Gasteiger partial charge in [0, 0.05) is 19.6 Å². The van der Waals surface area contributed by atoms with Crippen molar-refractivity contribution < 1.29 is 14.7 Å². The van der Waals surface area contributed by atoms with Crippen molar-refractivity contribution in [2.75, 3.05) is 19.6 Å². The number of carboxylic acid groups (broad SMARTS) is 1. The maximum atomic E-state index is 12.8. The molecule has 0 aromatic rings. The Hall–Kier alpha value is -1.26. The van der Waals surface area contributed by atoms with Gasteiger partial charge >= 0.3 is 12.0 Å². The number of likely N-dealkylation sites (tertiary alicyclic amines) is 2. The molecule has 5 nitrogen and oxygen atoms in total. The molecule has 0 saturated carbocycles. The van der Waals surface area contributed by atoms with Crippen molar-refractivity contribution in [3.63, 3.8) is 0 Å². The first kappa shape index (κ1) is 16.1. The average molecular weight is 296 g/mol. The van der Waals surface area contributed by atoms with E-state index >= 15 is 0 Å². The molecule has 2 atom stereocenters. The van der Waals surface area contributed by atoms with Gasteiger partial charge in [-0.15, -0.1) is 0 Å². The summed E-state index contributed by atoms with van der Waals surface area (Å²) < 4.78 is 0. The van der Waals surface area contributed by atoms with Crippen LogP contribution in [0, 0.1) is 11.8 Å². The zero-order chi connectivity index (χ0) is 15.6. The molecule has 2 aliphatic heterocycles. The zero-order valence-electron chi connectivity index (χ0n) is 13.5. The second-order valence-electron chi connectivity index (χ2n) is 6.86. The Morgan fingerprint density at radius 3 is 2.57 bits per heavy atom. The molecule has 2 rings (SSSR count). The number of carbonyl (C=O) groups excluding carboxylic acids is 1. The highest BCUT2D eigenvalue weighted by atomic mass is 16.4. The van der Waals surface area contributed by atoms with Gasteiger partial charge in [-0.1, -0.05) is 27.2 Å². The molecule has 2 heterocycles. The molecular weight excluding hydrogens is 268 g/mol. The van der Waals surface area contributed by atoms with Gasteiger partial charge in [0.05, 0.1) is 0 Å². The van der Waals surface area contributed by atoms with Crippen LogP contribution in [0.1, 0.15) is 52.9 Å². The van der Waals surface area contributed by atoms with Gasteiger partial charge in [-0.2, -0.15) is 0 Å². The fourth-order valence-electron chi connectivity index (χ4n) is 3.84. The monoisotopic (exact) mass is 296 g/mol. The summed E-state index contributed by atoms with van der Waals surface area (Å²) in [6, 6.07) is -0.0634. The van der Waals surface area contributed by atoms with Gasteiger partial charge in [-0.3, -0.25) is 0 Å². The first-order chi connectivity index (χ1) is 9.92. The van der Waals surface area contributed by atoms with E-state index < -0.39 is 11.5 Å². The predicted octanol–water partition coefficient (Wildman–Crippen LogP) is 2.80. The Morgan fingerprint density at radius 2 is 2.05 bits per heavy atom. The van der Waals surface area contributed by atoms with Crippen molar-refractivity contribution in [1.29, 1.82) is 0 Å². The third-order valence-electron chi connectivity index (χ3n) is 5.22. The molecule has 2 amide bonds. The first-order valence-electron chi connectivity index (χ1n) is 8.22. The summed E-state index contributed by atoms with van der Waals surface area (Å²) >= 11 is 0. The van der Waals surface area contributed by atoms with Crippen molar-refractivity contribution >= 4 is 12.0 Å². The maximum Gasteiger partial charge on any atom is 0.329 e. The molecule has 0 aromatic carbocycles. The number of aliphatic carboxylic acids is 1. The molecule has 2 unspecified atom stereocenters. The number of nitrogens with zero attached hydrogens (tertiary/aromatic N) is 2. The highest BCUT2D eigenvalue weighted by Crippen LogP contribution is 2.36. The number of carbonyl (C=O) groups is 2. The van der Waals surface area contributed by atoms with Crippen LogP contribution >= 0.6 is 0 Å². The molecule has 0 bridgehead atoms. The molecule has 1 N–H and O–H groups in total. The van der Waals surface area contributed by atoms with E-state index in [2.05, 4.69) is 13.8 Å². The Labute approximate surface area is 127 Å². The highest BCUT2D eigenvalue weighted by molar-refractivity contribution is 5.87. The highest BCUT2D eigenvalue weighted by Gasteiger charge is 2.50. The van der Waals surface area contributed by atoms with Crippen LogP contribution in [0.3, 0.4) is 0 Å². The summed E-state index contributed by atoms with van der Waals surface area (Å²) in [5.74, 6) is 0.276. The molecule has 2 aliphatic rings. The van der Waals surface area contributed by atoms with Crippen molar-refractivity contribution in [3.05, 3.63) is 0 Å². The topological polar surface area (TPSA) is 60.9 Å². The van der Waals surface area contributed by atoms with Crippen molar-refractivity contribution in [2.24, 2.45) is 11.8 Å². The lowest BCUT2D eigenvalue weighted by molar-refractivity contribution is -0.148. The number of hydrogen-bond acceptors (Lipinski definition) is 2. The van der Waals surface area contributed by atoms with E-state index in [0.29, 0.717) is 31.2 Å². The molecule has 5 heteroatoms. The van der Waals surface area contributed by atoms with Crippen LogP contribution in [0.5, 0.6) is 0 Å². The number of urea groups is 1. The Balaban J connectivity index is 2.12. The second kappa shape index (κ2) is 6.24. The summed E-state index contributed by atoms with van der Waals surface area (Å²) in [6.45, 7) is 8.47. The number of hydrogen-bond donors (Lipinski definition) is 1. The van der Waals surface area contributed by atoms with Crippen molar-refractivity contribution in [2.45, 2.75) is 58.4 Å². The van der Waals surface area contributed by atoms with Gasteiger partial charge in [-0.05, 0) is 37.5 Å². The summed E-state index contributed by atoms with van der Waals surface area (Å²) in [7, 11) is 0. The second-order valence-corrected chi connectivity index (χ2v) is 6.86.